The number of aliphatic hydroxyl groups excluding tert-OH is 2. The number of allylic oxidation sites excluding steroid dienone is 3. The van der Waals surface area contributed by atoms with E-state index in [1.54, 1.807) is 0 Å². The molecule has 4 heteroatoms. The Morgan fingerprint density at radius 2 is 2.10 bits per heavy atom. The van der Waals surface area contributed by atoms with E-state index in [1.807, 2.05) is 0 Å². The Hall–Kier alpha value is -1.23. The lowest BCUT2D eigenvalue weighted by molar-refractivity contribution is 0.0454. The molecule has 3 saturated carbocycles. The molecule has 0 spiro atoms. The molecule has 0 aromatic carbocycles. The fraction of sp³-hybridized carbons (Fsp3) is 0.741. The lowest BCUT2D eigenvalue weighted by atomic mass is 9.61. The molecule has 0 amide bonds. The summed E-state index contributed by atoms with van der Waals surface area (Å²) in [6.45, 7) is 12.2. The number of rotatable bonds is 8. The highest BCUT2D eigenvalue weighted by molar-refractivity contribution is 5.82. The lowest BCUT2D eigenvalue weighted by Crippen LogP contribution is -2.37. The lowest BCUT2D eigenvalue weighted by Gasteiger charge is -2.44. The molecule has 0 aromatic heterocycles. The van der Waals surface area contributed by atoms with Crippen LogP contribution in [0.3, 0.4) is 0 Å². The maximum atomic E-state index is 10.1. The van der Waals surface area contributed by atoms with Gasteiger partial charge in [0.2, 0.25) is 0 Å². The molecule has 31 heavy (non-hydrogen) atoms. The molecule has 0 saturated heterocycles. The molecule has 0 bridgehead atoms. The Balaban J connectivity index is 1.66. The summed E-state index contributed by atoms with van der Waals surface area (Å²) in [7, 11) is 0. The minimum absolute atomic E-state index is 0.310. The van der Waals surface area contributed by atoms with Crippen LogP contribution in [0.4, 0.5) is 0 Å². The van der Waals surface area contributed by atoms with Gasteiger partial charge in [-0.15, -0.1) is 0 Å². The van der Waals surface area contributed by atoms with E-state index in [1.165, 1.54) is 31.3 Å². The number of hydrogen-bond donors (Lipinski definition) is 3. The van der Waals surface area contributed by atoms with Gasteiger partial charge >= 0.3 is 0 Å². The minimum Gasteiger partial charge on any atom is -0.393 e. The van der Waals surface area contributed by atoms with Crippen molar-refractivity contribution in [3.8, 4) is 0 Å². The van der Waals surface area contributed by atoms with Crippen LogP contribution in [0.5, 0.6) is 0 Å². The van der Waals surface area contributed by atoms with Gasteiger partial charge in [-0.05, 0) is 79.3 Å². The normalized spacial score (nSPS) is 37.3. The SMILES string of the molecule is C=C1/C(=C\C=C2/CCC[C@]3(C)[C@@H]([C@H](C)COCC(=N)CCC)CC[C@@H]23)C[C@@H](O)C[C@@H]1O. The van der Waals surface area contributed by atoms with Crippen LogP contribution < -0.4 is 0 Å². The first-order valence-corrected chi connectivity index (χ1v) is 12.3. The molecule has 0 aromatic rings. The van der Waals surface area contributed by atoms with E-state index in [2.05, 4.69) is 39.5 Å². The highest BCUT2D eigenvalue weighted by atomic mass is 16.5. The molecule has 3 rings (SSSR count). The number of nitrogens with one attached hydrogen (secondary N) is 1. The first kappa shape index (κ1) is 24.4. The van der Waals surface area contributed by atoms with Crippen molar-refractivity contribution in [3.63, 3.8) is 0 Å². The average molecular weight is 430 g/mol. The zero-order chi connectivity index (χ0) is 22.6. The van der Waals surface area contributed by atoms with E-state index in [4.69, 9.17) is 10.1 Å². The van der Waals surface area contributed by atoms with Gasteiger partial charge < -0.3 is 20.4 Å². The van der Waals surface area contributed by atoms with E-state index in [9.17, 15) is 10.2 Å². The maximum Gasteiger partial charge on any atom is 0.0841 e. The van der Waals surface area contributed by atoms with Gasteiger partial charge in [-0.1, -0.05) is 51.5 Å². The minimum atomic E-state index is -0.624. The largest absolute Gasteiger partial charge is 0.393 e. The summed E-state index contributed by atoms with van der Waals surface area (Å²) in [5.74, 6) is 1.77. The second-order valence-corrected chi connectivity index (χ2v) is 10.5. The van der Waals surface area contributed by atoms with E-state index >= 15 is 0 Å². The van der Waals surface area contributed by atoms with Crippen LogP contribution in [0.1, 0.15) is 78.6 Å². The Labute approximate surface area is 189 Å². The maximum absolute atomic E-state index is 10.1. The van der Waals surface area contributed by atoms with Crippen LogP contribution in [0.2, 0.25) is 0 Å². The molecule has 4 nitrogen and oxygen atoms in total. The van der Waals surface area contributed by atoms with Gasteiger partial charge in [-0.2, -0.15) is 0 Å². The third-order valence-corrected chi connectivity index (χ3v) is 8.20. The van der Waals surface area contributed by atoms with Crippen molar-refractivity contribution in [3.05, 3.63) is 35.5 Å². The number of hydrogen-bond acceptors (Lipinski definition) is 4. The molecule has 3 aliphatic rings. The van der Waals surface area contributed by atoms with Crippen LogP contribution in [-0.2, 0) is 4.74 Å². The van der Waals surface area contributed by atoms with E-state index in [0.29, 0.717) is 48.3 Å². The van der Waals surface area contributed by atoms with Crippen molar-refractivity contribution in [2.75, 3.05) is 13.2 Å². The second-order valence-electron chi connectivity index (χ2n) is 10.5. The topological polar surface area (TPSA) is 73.5 Å². The third-order valence-electron chi connectivity index (χ3n) is 8.20. The highest BCUT2D eigenvalue weighted by Gasteiger charge is 2.50. The summed E-state index contributed by atoms with van der Waals surface area (Å²) in [4.78, 5) is 0. The predicted octanol–water partition coefficient (Wildman–Crippen LogP) is 5.60. The van der Waals surface area contributed by atoms with Gasteiger partial charge in [0, 0.05) is 18.7 Å². The fourth-order valence-corrected chi connectivity index (χ4v) is 6.54. The second kappa shape index (κ2) is 10.6. The van der Waals surface area contributed by atoms with Crippen molar-refractivity contribution in [2.45, 2.75) is 90.8 Å². The monoisotopic (exact) mass is 429 g/mol. The smallest absolute Gasteiger partial charge is 0.0841 e. The molecule has 0 heterocycles. The zero-order valence-corrected chi connectivity index (χ0v) is 19.8. The molecule has 3 aliphatic carbocycles. The Morgan fingerprint density at radius 3 is 2.84 bits per heavy atom. The summed E-state index contributed by atoms with van der Waals surface area (Å²) >= 11 is 0. The van der Waals surface area contributed by atoms with E-state index in [-0.39, 0.29) is 0 Å². The van der Waals surface area contributed by atoms with Crippen LogP contribution in [0, 0.1) is 28.6 Å². The average Bonchev–Trinajstić information content (AvgIpc) is 3.07. The molecule has 174 valence electrons. The van der Waals surface area contributed by atoms with Crippen molar-refractivity contribution in [1.29, 1.82) is 5.41 Å². The quantitative estimate of drug-likeness (QED) is 0.440. The number of ether oxygens (including phenoxy) is 1. The Morgan fingerprint density at radius 1 is 1.32 bits per heavy atom. The molecule has 3 fully saturated rings. The van der Waals surface area contributed by atoms with Crippen molar-refractivity contribution < 1.29 is 14.9 Å². The highest BCUT2D eigenvalue weighted by Crippen LogP contribution is 2.59. The molecule has 0 unspecified atom stereocenters. The van der Waals surface area contributed by atoms with Gasteiger partial charge in [0.25, 0.3) is 0 Å². The van der Waals surface area contributed by atoms with Gasteiger partial charge in [-0.3, -0.25) is 0 Å². The van der Waals surface area contributed by atoms with Gasteiger partial charge in [0.15, 0.2) is 0 Å². The van der Waals surface area contributed by atoms with Crippen molar-refractivity contribution >= 4 is 5.71 Å². The predicted molar refractivity (Wildman–Crippen MR) is 127 cm³/mol. The van der Waals surface area contributed by atoms with Gasteiger partial charge in [0.05, 0.1) is 18.8 Å². The Kier molecular flexibility index (Phi) is 8.34. The fourth-order valence-electron chi connectivity index (χ4n) is 6.54. The molecular formula is C27H43NO3. The van der Waals surface area contributed by atoms with Crippen molar-refractivity contribution in [2.24, 2.45) is 23.2 Å². The zero-order valence-electron chi connectivity index (χ0n) is 19.8. The van der Waals surface area contributed by atoms with E-state index in [0.717, 1.165) is 37.0 Å². The first-order chi connectivity index (χ1) is 14.8. The number of aliphatic hydroxyl groups is 2. The van der Waals surface area contributed by atoms with Crippen LogP contribution in [0.25, 0.3) is 0 Å². The van der Waals surface area contributed by atoms with Gasteiger partial charge in [-0.25, -0.2) is 0 Å². The third kappa shape index (κ3) is 5.58. The first-order valence-electron chi connectivity index (χ1n) is 12.3. The van der Waals surface area contributed by atoms with E-state index < -0.39 is 12.2 Å². The summed E-state index contributed by atoms with van der Waals surface area (Å²) in [6, 6.07) is 0. The summed E-state index contributed by atoms with van der Waals surface area (Å²) < 4.78 is 5.93. The molecule has 0 aliphatic heterocycles. The van der Waals surface area contributed by atoms with Gasteiger partial charge in [0.1, 0.15) is 0 Å². The standard InChI is InChI=1S/C27H43NO3/c1-5-7-22(28)17-31-16-18(2)24-11-12-25-20(8-6-13-27(24,25)4)9-10-21-14-23(29)15-26(30)19(21)3/h9-10,18,23-26,28-30H,3,5-8,11-17H2,1-2,4H3/b20-9+,21-10-,28-22?/t18-,23-,24-,25+,26+,27-/m1/s1. The number of fused-ring (bicyclic) bond motifs is 1. The Bertz CT molecular complexity index is 724. The molecule has 0 radical (unpaired) electrons. The van der Waals surface area contributed by atoms with Crippen LogP contribution in [-0.4, -0.2) is 41.3 Å². The molecule has 6 atom stereocenters. The summed E-state index contributed by atoms with van der Waals surface area (Å²) in [5.41, 5.74) is 4.32. The van der Waals surface area contributed by atoms with Crippen LogP contribution >= 0.6 is 0 Å². The summed E-state index contributed by atoms with van der Waals surface area (Å²) in [5, 5.41) is 28.1. The molecule has 3 N–H and O–H groups in total. The summed E-state index contributed by atoms with van der Waals surface area (Å²) in [6.07, 6.45) is 12.3. The van der Waals surface area contributed by atoms with Crippen LogP contribution in [0.15, 0.2) is 35.5 Å². The van der Waals surface area contributed by atoms with Crippen molar-refractivity contribution in [1.82, 2.24) is 0 Å². The molecular weight excluding hydrogens is 386 g/mol.